The van der Waals surface area contributed by atoms with Crippen molar-refractivity contribution in [2.45, 2.75) is 25.0 Å². The highest BCUT2D eigenvalue weighted by Gasteiger charge is 2.72. The number of nitro groups is 1. The normalized spacial score (nSPS) is 35.6. The van der Waals surface area contributed by atoms with E-state index in [1.165, 1.54) is 18.2 Å². The van der Waals surface area contributed by atoms with Crippen LogP contribution in [-0.2, 0) is 14.3 Å². The van der Waals surface area contributed by atoms with Gasteiger partial charge in [0.1, 0.15) is 5.60 Å². The number of anilines is 1. The van der Waals surface area contributed by atoms with Gasteiger partial charge in [-0.1, -0.05) is 18.2 Å². The highest BCUT2D eigenvalue weighted by Crippen LogP contribution is 2.57. The molecule has 0 spiro atoms. The Balaban J connectivity index is 1.81. The molecule has 0 unspecified atom stereocenters. The number of benzene rings is 1. The number of ether oxygens (including phenoxy) is 1. The van der Waals surface area contributed by atoms with Crippen LogP contribution < -0.4 is 4.90 Å². The molecule has 0 saturated carbocycles. The van der Waals surface area contributed by atoms with Crippen LogP contribution in [0.2, 0.25) is 0 Å². The predicted molar refractivity (Wildman–Crippen MR) is 85.8 cm³/mol. The van der Waals surface area contributed by atoms with Crippen molar-refractivity contribution in [2.24, 2.45) is 11.8 Å². The number of hydrogen-bond acceptors (Lipinski definition) is 6. The molecule has 8 nitrogen and oxygen atoms in total. The summed E-state index contributed by atoms with van der Waals surface area (Å²) in [5.41, 5.74) is -1.73. The van der Waals surface area contributed by atoms with Crippen molar-refractivity contribution >= 4 is 23.2 Å². The molecule has 4 atom stereocenters. The first kappa shape index (κ1) is 15.9. The van der Waals surface area contributed by atoms with Gasteiger partial charge in [-0.3, -0.25) is 19.7 Å². The highest BCUT2D eigenvalue weighted by atomic mass is 16.6. The van der Waals surface area contributed by atoms with E-state index in [0.717, 1.165) is 4.90 Å². The summed E-state index contributed by atoms with van der Waals surface area (Å²) >= 11 is 0. The Bertz CT molecular complexity index is 865. The molecule has 2 bridgehead atoms. The number of aliphatic hydroxyl groups is 1. The van der Waals surface area contributed by atoms with E-state index in [1.54, 1.807) is 26.0 Å². The molecule has 2 amide bonds. The van der Waals surface area contributed by atoms with Crippen molar-refractivity contribution < 1.29 is 24.4 Å². The number of carbonyl (C=O) groups excluding carboxylic acids is 2. The van der Waals surface area contributed by atoms with Crippen LogP contribution in [0.3, 0.4) is 0 Å². The second kappa shape index (κ2) is 4.74. The Morgan fingerprint density at radius 2 is 1.96 bits per heavy atom. The molecule has 3 aliphatic heterocycles. The molecule has 2 fully saturated rings. The van der Waals surface area contributed by atoms with E-state index in [0.29, 0.717) is 5.56 Å². The fraction of sp³-hybridized carbons (Fsp3) is 0.412. The zero-order valence-electron chi connectivity index (χ0n) is 13.6. The van der Waals surface area contributed by atoms with Gasteiger partial charge in [-0.2, -0.15) is 0 Å². The second-order valence-electron chi connectivity index (χ2n) is 6.93. The first-order valence-electron chi connectivity index (χ1n) is 7.88. The van der Waals surface area contributed by atoms with Gasteiger partial charge in [0.2, 0.25) is 11.8 Å². The zero-order valence-corrected chi connectivity index (χ0v) is 13.6. The number of fused-ring (bicyclic) bond motifs is 5. The summed E-state index contributed by atoms with van der Waals surface area (Å²) in [6, 6.07) is 4.26. The molecule has 3 aliphatic rings. The van der Waals surface area contributed by atoms with Crippen molar-refractivity contribution in [3.8, 4) is 0 Å². The van der Waals surface area contributed by atoms with Gasteiger partial charge in [0.15, 0.2) is 0 Å². The van der Waals surface area contributed by atoms with Crippen LogP contribution in [0.15, 0.2) is 30.4 Å². The van der Waals surface area contributed by atoms with Crippen LogP contribution >= 0.6 is 0 Å². The smallest absolute Gasteiger partial charge is 0.274 e. The van der Waals surface area contributed by atoms with E-state index in [1.807, 2.05) is 0 Å². The maximum Gasteiger partial charge on any atom is 0.274 e. The lowest BCUT2D eigenvalue weighted by Gasteiger charge is -2.26. The first-order valence-corrected chi connectivity index (χ1v) is 7.88. The third-order valence-electron chi connectivity index (χ3n) is 5.45. The van der Waals surface area contributed by atoms with E-state index in [4.69, 9.17) is 4.74 Å². The third-order valence-corrected chi connectivity index (χ3v) is 5.45. The van der Waals surface area contributed by atoms with E-state index >= 15 is 0 Å². The molecule has 0 aliphatic carbocycles. The average molecular weight is 344 g/mol. The van der Waals surface area contributed by atoms with Gasteiger partial charge in [-0.05, 0) is 19.9 Å². The first-order chi connectivity index (χ1) is 11.7. The number of nitro benzene ring substituents is 1. The molecular weight excluding hydrogens is 328 g/mol. The van der Waals surface area contributed by atoms with Crippen LogP contribution in [0, 0.1) is 28.9 Å². The SMILES string of the molecule is Cc1ccc(N2C(=O)[C@H]3[C@H](C2=O)[C@]2(C)C=C[C@]3(CO)O2)cc1[N+](=O)[O-]. The largest absolute Gasteiger partial charge is 0.393 e. The molecule has 8 heteroatoms. The number of aryl methyl sites for hydroxylation is 1. The minimum absolute atomic E-state index is 0.157. The number of carbonyl (C=O) groups is 2. The van der Waals surface area contributed by atoms with Gasteiger partial charge in [-0.15, -0.1) is 0 Å². The van der Waals surface area contributed by atoms with E-state index < -0.39 is 46.4 Å². The summed E-state index contributed by atoms with van der Waals surface area (Å²) in [4.78, 5) is 37.5. The van der Waals surface area contributed by atoms with Gasteiger partial charge >= 0.3 is 0 Å². The van der Waals surface area contributed by atoms with Crippen LogP contribution in [0.25, 0.3) is 0 Å². The van der Waals surface area contributed by atoms with Crippen molar-refractivity contribution in [1.29, 1.82) is 0 Å². The molecule has 4 rings (SSSR count). The van der Waals surface area contributed by atoms with Gasteiger partial charge in [0.25, 0.3) is 5.69 Å². The number of amides is 2. The van der Waals surface area contributed by atoms with Gasteiger partial charge in [0.05, 0.1) is 34.7 Å². The van der Waals surface area contributed by atoms with E-state index in [-0.39, 0.29) is 11.4 Å². The molecule has 2 saturated heterocycles. The number of aliphatic hydroxyl groups excluding tert-OH is 1. The van der Waals surface area contributed by atoms with Crippen LogP contribution in [0.5, 0.6) is 0 Å². The Hall–Kier alpha value is -2.58. The quantitative estimate of drug-likeness (QED) is 0.380. The Morgan fingerprint density at radius 1 is 1.28 bits per heavy atom. The molecule has 1 aromatic rings. The molecule has 0 radical (unpaired) electrons. The molecule has 3 heterocycles. The minimum atomic E-state index is -1.21. The third kappa shape index (κ3) is 1.83. The Morgan fingerprint density at radius 3 is 2.60 bits per heavy atom. The number of hydrogen-bond donors (Lipinski definition) is 1. The van der Waals surface area contributed by atoms with E-state index in [9.17, 15) is 24.8 Å². The average Bonchev–Trinajstić information content (AvgIpc) is 3.14. The van der Waals surface area contributed by atoms with Crippen molar-refractivity contribution in [3.05, 3.63) is 46.0 Å². The molecule has 25 heavy (non-hydrogen) atoms. The lowest BCUT2D eigenvalue weighted by molar-refractivity contribution is -0.385. The highest BCUT2D eigenvalue weighted by molar-refractivity contribution is 6.23. The summed E-state index contributed by atoms with van der Waals surface area (Å²) in [6.45, 7) is 2.88. The maximum absolute atomic E-state index is 13.0. The van der Waals surface area contributed by atoms with Crippen LogP contribution in [0.1, 0.15) is 12.5 Å². The number of imide groups is 1. The van der Waals surface area contributed by atoms with Crippen LogP contribution in [-0.4, -0.2) is 39.7 Å². The van der Waals surface area contributed by atoms with Crippen LogP contribution in [0.4, 0.5) is 11.4 Å². The fourth-order valence-corrected chi connectivity index (χ4v) is 4.23. The standard InChI is InChI=1S/C17H16N2O6/c1-9-3-4-10(7-11(9)19(23)24)18-14(21)12-13(15(18)22)17(8-20)6-5-16(12,2)25-17/h3-7,12-13,20H,8H2,1-2H3/t12-,13-,16+,17-/m1/s1. The number of nitrogens with zero attached hydrogens (tertiary/aromatic N) is 2. The fourth-order valence-electron chi connectivity index (χ4n) is 4.23. The molecule has 0 aromatic heterocycles. The van der Waals surface area contributed by atoms with E-state index in [2.05, 4.69) is 0 Å². The maximum atomic E-state index is 13.0. The van der Waals surface area contributed by atoms with Gasteiger partial charge < -0.3 is 9.84 Å². The minimum Gasteiger partial charge on any atom is -0.393 e. The summed E-state index contributed by atoms with van der Waals surface area (Å²) in [7, 11) is 0. The predicted octanol–water partition coefficient (Wildman–Crippen LogP) is 1.10. The molecule has 1 N–H and O–H groups in total. The number of rotatable bonds is 3. The van der Waals surface area contributed by atoms with Crippen molar-refractivity contribution in [2.75, 3.05) is 11.5 Å². The Labute approximate surface area is 142 Å². The second-order valence-corrected chi connectivity index (χ2v) is 6.93. The summed E-state index contributed by atoms with van der Waals surface area (Å²) in [6.07, 6.45) is 3.34. The van der Waals surface area contributed by atoms with Crippen molar-refractivity contribution in [3.63, 3.8) is 0 Å². The molecule has 1 aromatic carbocycles. The summed E-state index contributed by atoms with van der Waals surface area (Å²) in [5, 5.41) is 20.9. The topological polar surface area (TPSA) is 110 Å². The van der Waals surface area contributed by atoms with Gasteiger partial charge in [0, 0.05) is 11.6 Å². The molecular formula is C17H16N2O6. The Kier molecular flexibility index (Phi) is 3.02. The summed E-state index contributed by atoms with van der Waals surface area (Å²) in [5.74, 6) is -2.55. The lowest BCUT2D eigenvalue weighted by Crippen LogP contribution is -2.43. The van der Waals surface area contributed by atoms with Crippen molar-refractivity contribution in [1.82, 2.24) is 0 Å². The zero-order chi connectivity index (χ0) is 18.1. The van der Waals surface area contributed by atoms with Gasteiger partial charge in [-0.25, -0.2) is 4.90 Å². The lowest BCUT2D eigenvalue weighted by atomic mass is 9.73. The monoisotopic (exact) mass is 344 g/mol. The molecule has 130 valence electrons. The summed E-state index contributed by atoms with van der Waals surface area (Å²) < 4.78 is 5.83.